The van der Waals surface area contributed by atoms with E-state index in [1.54, 1.807) is 34.2 Å². The molecule has 2 saturated heterocycles. The quantitative estimate of drug-likeness (QED) is 0.829. The lowest BCUT2D eigenvalue weighted by molar-refractivity contribution is -0.151. The highest BCUT2D eigenvalue weighted by molar-refractivity contribution is 5.95. The second kappa shape index (κ2) is 7.48. The van der Waals surface area contributed by atoms with E-state index >= 15 is 0 Å². The number of amides is 3. The second-order valence-electron chi connectivity index (χ2n) is 8.09. The molecule has 0 saturated carbocycles. The lowest BCUT2D eigenvalue weighted by atomic mass is 9.60. The average Bonchev–Trinajstić information content (AvgIpc) is 2.67. The number of nitrogens with zero attached hydrogens (tertiary/aromatic N) is 3. The highest BCUT2D eigenvalue weighted by atomic mass is 16.3. The van der Waals surface area contributed by atoms with Crippen LogP contribution in [-0.4, -0.2) is 69.1 Å². The van der Waals surface area contributed by atoms with Crippen LogP contribution in [0.5, 0.6) is 0 Å². The fourth-order valence-electron chi connectivity index (χ4n) is 4.70. The van der Waals surface area contributed by atoms with E-state index in [0.717, 1.165) is 5.56 Å². The van der Waals surface area contributed by atoms with Gasteiger partial charge in [-0.2, -0.15) is 0 Å². The van der Waals surface area contributed by atoms with Gasteiger partial charge in [-0.25, -0.2) is 4.79 Å². The molecule has 1 aromatic heterocycles. The Morgan fingerprint density at radius 1 is 1.17 bits per heavy atom. The normalized spacial score (nSPS) is 22.2. The summed E-state index contributed by atoms with van der Waals surface area (Å²) in [6.07, 6.45) is 1.59. The first-order valence-electron chi connectivity index (χ1n) is 9.94. The summed E-state index contributed by atoms with van der Waals surface area (Å²) >= 11 is 0. The highest BCUT2D eigenvalue weighted by Gasteiger charge is 2.68. The van der Waals surface area contributed by atoms with Crippen molar-refractivity contribution in [3.05, 3.63) is 66.0 Å². The number of aromatic nitrogens is 1. The van der Waals surface area contributed by atoms with Crippen molar-refractivity contribution in [2.75, 3.05) is 19.7 Å². The molecule has 3 amide bonds. The van der Waals surface area contributed by atoms with E-state index in [2.05, 4.69) is 10.3 Å². The van der Waals surface area contributed by atoms with Gasteiger partial charge in [0.15, 0.2) is 0 Å². The summed E-state index contributed by atoms with van der Waals surface area (Å²) in [6, 6.07) is 14.7. The summed E-state index contributed by atoms with van der Waals surface area (Å²) in [4.78, 5) is 33.4. The molecular formula is C22H26N4O3. The standard InChI is InChI=1S/C22H26N4O3/c1-15(2)24-21(29)25-13-22(14-25)19(16-8-4-3-5-9-16)18(12-27)26(22)20(28)17-10-6-7-11-23-17/h3-11,15,18-19,27H,12-14H2,1-2H3,(H,24,29)/t18-,19+/m0/s1. The predicted octanol–water partition coefficient (Wildman–Crippen LogP) is 1.85. The van der Waals surface area contributed by atoms with Gasteiger partial charge < -0.3 is 20.2 Å². The van der Waals surface area contributed by atoms with E-state index in [1.165, 1.54) is 0 Å². The largest absolute Gasteiger partial charge is 0.394 e. The number of carbonyl (C=O) groups is 2. The molecule has 2 aromatic rings. The second-order valence-corrected chi connectivity index (χ2v) is 8.09. The van der Waals surface area contributed by atoms with Crippen LogP contribution in [-0.2, 0) is 0 Å². The Morgan fingerprint density at radius 2 is 1.86 bits per heavy atom. The lowest BCUT2D eigenvalue weighted by Crippen LogP contribution is -2.86. The minimum Gasteiger partial charge on any atom is -0.394 e. The SMILES string of the molecule is CC(C)NC(=O)N1CC2(C1)[C@H](c1ccccc1)[C@H](CO)N2C(=O)c1ccccn1. The molecule has 152 valence electrons. The van der Waals surface area contributed by atoms with Gasteiger partial charge in [-0.1, -0.05) is 36.4 Å². The van der Waals surface area contributed by atoms with Gasteiger partial charge in [-0.05, 0) is 31.5 Å². The predicted molar refractivity (Wildman–Crippen MR) is 108 cm³/mol. The molecule has 2 fully saturated rings. The third kappa shape index (κ3) is 3.15. The molecule has 2 aliphatic heterocycles. The lowest BCUT2D eigenvalue weighted by Gasteiger charge is -2.70. The van der Waals surface area contributed by atoms with Crippen molar-refractivity contribution in [1.82, 2.24) is 20.1 Å². The van der Waals surface area contributed by atoms with Crippen LogP contribution in [0.15, 0.2) is 54.7 Å². The van der Waals surface area contributed by atoms with Crippen molar-refractivity contribution in [3.8, 4) is 0 Å². The van der Waals surface area contributed by atoms with Crippen LogP contribution in [0.3, 0.4) is 0 Å². The summed E-state index contributed by atoms with van der Waals surface area (Å²) in [5, 5.41) is 13.0. The Kier molecular flexibility index (Phi) is 5.00. The molecule has 3 heterocycles. The molecule has 2 aliphatic rings. The monoisotopic (exact) mass is 394 g/mol. The number of benzene rings is 1. The van der Waals surface area contributed by atoms with Gasteiger partial charge in [0.2, 0.25) is 0 Å². The molecule has 2 atom stereocenters. The van der Waals surface area contributed by atoms with Crippen molar-refractivity contribution >= 4 is 11.9 Å². The average molecular weight is 394 g/mol. The van der Waals surface area contributed by atoms with Crippen LogP contribution in [0.25, 0.3) is 0 Å². The number of likely N-dealkylation sites (tertiary alicyclic amines) is 2. The van der Waals surface area contributed by atoms with Crippen molar-refractivity contribution in [2.24, 2.45) is 0 Å². The van der Waals surface area contributed by atoms with Crippen molar-refractivity contribution in [1.29, 1.82) is 0 Å². The van der Waals surface area contributed by atoms with Crippen LogP contribution >= 0.6 is 0 Å². The maximum absolute atomic E-state index is 13.3. The molecule has 7 heteroatoms. The number of pyridine rings is 1. The first kappa shape index (κ1) is 19.4. The zero-order valence-corrected chi connectivity index (χ0v) is 16.7. The van der Waals surface area contributed by atoms with Gasteiger partial charge in [0.1, 0.15) is 5.69 Å². The number of aliphatic hydroxyl groups excluding tert-OH is 1. The maximum atomic E-state index is 13.3. The summed E-state index contributed by atoms with van der Waals surface area (Å²) < 4.78 is 0. The van der Waals surface area contributed by atoms with Crippen LogP contribution < -0.4 is 5.32 Å². The molecule has 4 rings (SSSR count). The molecule has 0 bridgehead atoms. The first-order chi connectivity index (χ1) is 14.0. The van der Waals surface area contributed by atoms with Crippen molar-refractivity contribution < 1.29 is 14.7 Å². The van der Waals surface area contributed by atoms with Crippen molar-refractivity contribution in [3.63, 3.8) is 0 Å². The van der Waals surface area contributed by atoms with Crippen LogP contribution in [0.4, 0.5) is 4.79 Å². The summed E-state index contributed by atoms with van der Waals surface area (Å²) in [5.41, 5.74) is 0.889. The third-order valence-electron chi connectivity index (χ3n) is 5.85. The maximum Gasteiger partial charge on any atom is 0.317 e. The minimum absolute atomic E-state index is 0.0375. The van der Waals surface area contributed by atoms with Gasteiger partial charge >= 0.3 is 6.03 Å². The van der Waals surface area contributed by atoms with E-state index < -0.39 is 5.54 Å². The van der Waals surface area contributed by atoms with E-state index in [1.807, 2.05) is 44.2 Å². The van der Waals surface area contributed by atoms with Crippen molar-refractivity contribution in [2.45, 2.75) is 37.4 Å². The number of carbonyl (C=O) groups excluding carboxylic acids is 2. The first-order valence-corrected chi connectivity index (χ1v) is 9.94. The number of hydrogen-bond donors (Lipinski definition) is 2. The Balaban J connectivity index is 1.65. The van der Waals surface area contributed by atoms with E-state index in [4.69, 9.17) is 0 Å². The van der Waals surface area contributed by atoms with Crippen LogP contribution in [0, 0.1) is 0 Å². The number of rotatable bonds is 4. The Morgan fingerprint density at radius 3 is 2.45 bits per heavy atom. The number of hydrogen-bond acceptors (Lipinski definition) is 4. The van der Waals surface area contributed by atoms with Gasteiger partial charge in [-0.3, -0.25) is 9.78 Å². The molecule has 1 spiro atoms. The van der Waals surface area contributed by atoms with E-state index in [0.29, 0.717) is 18.8 Å². The van der Waals surface area contributed by atoms with Gasteiger partial charge in [0.05, 0.1) is 18.2 Å². The fourth-order valence-corrected chi connectivity index (χ4v) is 4.70. The van der Waals surface area contributed by atoms with Gasteiger partial charge in [0, 0.05) is 31.2 Å². The Bertz CT molecular complexity index is 881. The van der Waals surface area contributed by atoms with Gasteiger partial charge in [0.25, 0.3) is 5.91 Å². The minimum atomic E-state index is -0.530. The van der Waals surface area contributed by atoms with Gasteiger partial charge in [-0.15, -0.1) is 0 Å². The Hall–Kier alpha value is -2.93. The topological polar surface area (TPSA) is 85.8 Å². The highest BCUT2D eigenvalue weighted by Crippen LogP contribution is 2.54. The van der Waals surface area contributed by atoms with E-state index in [9.17, 15) is 14.7 Å². The summed E-state index contributed by atoms with van der Waals surface area (Å²) in [5.74, 6) is -0.245. The molecule has 1 aromatic carbocycles. The zero-order valence-electron chi connectivity index (χ0n) is 16.7. The van der Waals surface area contributed by atoms with Crippen LogP contribution in [0.2, 0.25) is 0 Å². The molecular weight excluding hydrogens is 368 g/mol. The summed E-state index contributed by atoms with van der Waals surface area (Å²) in [7, 11) is 0. The summed E-state index contributed by atoms with van der Waals surface area (Å²) in [6.45, 7) is 4.56. The van der Waals surface area contributed by atoms with E-state index in [-0.39, 0.29) is 36.5 Å². The number of nitrogens with one attached hydrogen (secondary N) is 1. The molecule has 7 nitrogen and oxygen atoms in total. The molecule has 29 heavy (non-hydrogen) atoms. The number of urea groups is 1. The fraction of sp³-hybridized carbons (Fsp3) is 0.409. The molecule has 0 aliphatic carbocycles. The third-order valence-corrected chi connectivity index (χ3v) is 5.85. The molecule has 0 unspecified atom stereocenters. The smallest absolute Gasteiger partial charge is 0.317 e. The Labute approximate surface area is 170 Å². The molecule has 2 N–H and O–H groups in total. The number of aliphatic hydroxyl groups is 1. The zero-order chi connectivity index (χ0) is 20.6. The van der Waals surface area contributed by atoms with Crippen LogP contribution in [0.1, 0.15) is 35.8 Å². The molecule has 0 radical (unpaired) electrons.